The lowest BCUT2D eigenvalue weighted by molar-refractivity contribution is 1.13. The number of halogens is 1. The highest BCUT2D eigenvalue weighted by Gasteiger charge is 2.07. The number of hydrogen-bond donors (Lipinski definition) is 1. The monoisotopic (exact) mass is 304 g/mol. The van der Waals surface area contributed by atoms with Crippen LogP contribution in [0.3, 0.4) is 0 Å². The maximum absolute atomic E-state index is 5.76. The van der Waals surface area contributed by atoms with Gasteiger partial charge < -0.3 is 10.6 Å². The van der Waals surface area contributed by atoms with E-state index in [-0.39, 0.29) is 0 Å². The van der Waals surface area contributed by atoms with Crippen molar-refractivity contribution in [3.8, 4) is 0 Å². The van der Waals surface area contributed by atoms with Crippen LogP contribution in [0.4, 0.5) is 17.1 Å². The number of nitrogens with zero attached hydrogens (tertiary/aromatic N) is 1. The van der Waals surface area contributed by atoms with Crippen LogP contribution in [0, 0.1) is 0 Å². The number of aryl methyl sites for hydroxylation is 1. The van der Waals surface area contributed by atoms with Crippen LogP contribution in [0.5, 0.6) is 0 Å². The molecule has 2 aromatic carbocycles. The molecule has 18 heavy (non-hydrogen) atoms. The van der Waals surface area contributed by atoms with Gasteiger partial charge in [0.25, 0.3) is 0 Å². The number of rotatable bonds is 3. The van der Waals surface area contributed by atoms with Gasteiger partial charge in [-0.2, -0.15) is 0 Å². The van der Waals surface area contributed by atoms with Crippen LogP contribution in [-0.4, -0.2) is 7.05 Å². The summed E-state index contributed by atoms with van der Waals surface area (Å²) >= 11 is 3.55. The molecule has 0 amide bonds. The highest BCUT2D eigenvalue weighted by Crippen LogP contribution is 2.32. The molecule has 0 aliphatic carbocycles. The van der Waals surface area contributed by atoms with E-state index in [1.807, 2.05) is 18.2 Å². The van der Waals surface area contributed by atoms with Crippen LogP contribution >= 0.6 is 15.9 Å². The van der Waals surface area contributed by atoms with Gasteiger partial charge in [-0.25, -0.2) is 0 Å². The Bertz CT molecular complexity index is 535. The lowest BCUT2D eigenvalue weighted by Crippen LogP contribution is -2.10. The highest BCUT2D eigenvalue weighted by molar-refractivity contribution is 9.10. The van der Waals surface area contributed by atoms with Gasteiger partial charge in [0.05, 0.1) is 5.69 Å². The maximum atomic E-state index is 5.76. The third-order valence-corrected chi connectivity index (χ3v) is 3.70. The fraction of sp³-hybridized carbons (Fsp3) is 0.200. The number of hydrogen-bond acceptors (Lipinski definition) is 2. The standard InChI is InChI=1S/C15H17BrN2/c1-3-11-4-7-13(8-5-11)18(2)15-9-6-12(17)10-14(15)16/h4-10H,3,17H2,1-2H3. The molecule has 0 radical (unpaired) electrons. The first-order chi connectivity index (χ1) is 8.61. The van der Waals surface area contributed by atoms with Gasteiger partial charge >= 0.3 is 0 Å². The smallest absolute Gasteiger partial charge is 0.0554 e. The van der Waals surface area contributed by atoms with E-state index in [1.165, 1.54) is 5.56 Å². The van der Waals surface area contributed by atoms with Crippen molar-refractivity contribution in [3.63, 3.8) is 0 Å². The summed E-state index contributed by atoms with van der Waals surface area (Å²) in [5.41, 5.74) is 10.1. The molecule has 0 aliphatic rings. The minimum atomic E-state index is 0.764. The predicted octanol–water partition coefficient (Wildman–Crippen LogP) is 4.36. The van der Waals surface area contributed by atoms with Gasteiger partial charge in [-0.05, 0) is 58.2 Å². The minimum Gasteiger partial charge on any atom is -0.399 e. The summed E-state index contributed by atoms with van der Waals surface area (Å²) in [5, 5.41) is 0. The molecule has 0 fully saturated rings. The van der Waals surface area contributed by atoms with E-state index in [1.54, 1.807) is 0 Å². The molecule has 0 aromatic heterocycles. The SMILES string of the molecule is CCc1ccc(N(C)c2ccc(N)cc2Br)cc1. The van der Waals surface area contributed by atoms with Crippen molar-refractivity contribution in [1.29, 1.82) is 0 Å². The molecule has 0 saturated carbocycles. The zero-order valence-corrected chi connectivity index (χ0v) is 12.2. The third kappa shape index (κ3) is 2.67. The topological polar surface area (TPSA) is 29.3 Å². The van der Waals surface area contributed by atoms with Crippen LogP contribution in [-0.2, 0) is 6.42 Å². The first-order valence-electron chi connectivity index (χ1n) is 5.99. The Kier molecular flexibility index (Phi) is 3.92. The summed E-state index contributed by atoms with van der Waals surface area (Å²) in [5.74, 6) is 0. The van der Waals surface area contributed by atoms with Crippen LogP contribution in [0.25, 0.3) is 0 Å². The van der Waals surface area contributed by atoms with Gasteiger partial charge in [0, 0.05) is 22.9 Å². The first-order valence-corrected chi connectivity index (χ1v) is 6.79. The fourth-order valence-electron chi connectivity index (χ4n) is 1.89. The summed E-state index contributed by atoms with van der Waals surface area (Å²) in [6.07, 6.45) is 1.07. The van der Waals surface area contributed by atoms with Gasteiger partial charge in [0.1, 0.15) is 0 Å². The van der Waals surface area contributed by atoms with Crippen LogP contribution in [0.2, 0.25) is 0 Å². The van der Waals surface area contributed by atoms with Crippen LogP contribution in [0.1, 0.15) is 12.5 Å². The number of anilines is 3. The molecule has 0 atom stereocenters. The van der Waals surface area contributed by atoms with E-state index >= 15 is 0 Å². The fourth-order valence-corrected chi connectivity index (χ4v) is 2.55. The summed E-state index contributed by atoms with van der Waals surface area (Å²) < 4.78 is 1.00. The van der Waals surface area contributed by atoms with E-state index in [4.69, 9.17) is 5.73 Å². The molecule has 0 heterocycles. The van der Waals surface area contributed by atoms with Crippen molar-refractivity contribution in [2.24, 2.45) is 0 Å². The normalized spacial score (nSPS) is 10.4. The molecule has 0 unspecified atom stereocenters. The molecule has 0 saturated heterocycles. The van der Waals surface area contributed by atoms with Crippen molar-refractivity contribution in [1.82, 2.24) is 0 Å². The molecular weight excluding hydrogens is 288 g/mol. The molecule has 94 valence electrons. The molecule has 0 aliphatic heterocycles. The van der Waals surface area contributed by atoms with Crippen LogP contribution in [0.15, 0.2) is 46.9 Å². The summed E-state index contributed by atoms with van der Waals surface area (Å²) in [7, 11) is 2.05. The zero-order chi connectivity index (χ0) is 13.1. The molecular formula is C15H17BrN2. The van der Waals surface area contributed by atoms with E-state index in [9.17, 15) is 0 Å². The minimum absolute atomic E-state index is 0.764. The van der Waals surface area contributed by atoms with E-state index in [2.05, 4.69) is 59.1 Å². The number of benzene rings is 2. The second-order valence-electron chi connectivity index (χ2n) is 4.29. The number of nitrogens with two attached hydrogens (primary N) is 1. The average molecular weight is 305 g/mol. The Morgan fingerprint density at radius 3 is 2.33 bits per heavy atom. The quantitative estimate of drug-likeness (QED) is 0.854. The third-order valence-electron chi connectivity index (χ3n) is 3.06. The Labute approximate surface area is 117 Å². The predicted molar refractivity (Wildman–Crippen MR) is 82.4 cm³/mol. The van der Waals surface area contributed by atoms with Crippen molar-refractivity contribution in [2.45, 2.75) is 13.3 Å². The lowest BCUT2D eigenvalue weighted by Gasteiger charge is -2.21. The lowest BCUT2D eigenvalue weighted by atomic mass is 10.1. The Morgan fingerprint density at radius 2 is 1.78 bits per heavy atom. The van der Waals surface area contributed by atoms with Crippen LogP contribution < -0.4 is 10.6 Å². The van der Waals surface area contributed by atoms with E-state index < -0.39 is 0 Å². The Morgan fingerprint density at radius 1 is 1.11 bits per heavy atom. The summed E-state index contributed by atoms with van der Waals surface area (Å²) in [6.45, 7) is 2.16. The highest BCUT2D eigenvalue weighted by atomic mass is 79.9. The largest absolute Gasteiger partial charge is 0.399 e. The Hall–Kier alpha value is -1.48. The van der Waals surface area contributed by atoms with Gasteiger partial charge in [0.15, 0.2) is 0 Å². The molecule has 2 nitrogen and oxygen atoms in total. The molecule has 3 heteroatoms. The van der Waals surface area contributed by atoms with Gasteiger partial charge in [-0.1, -0.05) is 19.1 Å². The van der Waals surface area contributed by atoms with E-state index in [0.29, 0.717) is 0 Å². The van der Waals surface area contributed by atoms with E-state index in [0.717, 1.165) is 28.0 Å². The molecule has 2 N–H and O–H groups in total. The van der Waals surface area contributed by atoms with Gasteiger partial charge in [0.2, 0.25) is 0 Å². The molecule has 0 spiro atoms. The molecule has 2 aromatic rings. The Balaban J connectivity index is 2.31. The van der Waals surface area contributed by atoms with Crippen molar-refractivity contribution in [2.75, 3.05) is 17.7 Å². The van der Waals surface area contributed by atoms with Gasteiger partial charge in [-0.15, -0.1) is 0 Å². The van der Waals surface area contributed by atoms with Gasteiger partial charge in [-0.3, -0.25) is 0 Å². The molecule has 2 rings (SSSR count). The average Bonchev–Trinajstić information content (AvgIpc) is 2.38. The van der Waals surface area contributed by atoms with Crippen molar-refractivity contribution >= 4 is 33.0 Å². The second kappa shape index (κ2) is 5.44. The van der Waals surface area contributed by atoms with Crippen molar-refractivity contribution in [3.05, 3.63) is 52.5 Å². The zero-order valence-electron chi connectivity index (χ0n) is 10.7. The summed E-state index contributed by atoms with van der Waals surface area (Å²) in [6, 6.07) is 14.5. The van der Waals surface area contributed by atoms with Crippen molar-refractivity contribution < 1.29 is 0 Å². The summed E-state index contributed by atoms with van der Waals surface area (Å²) in [4.78, 5) is 2.14. The number of nitrogen functional groups attached to an aromatic ring is 1. The first kappa shape index (κ1) is 13.0. The second-order valence-corrected chi connectivity index (χ2v) is 5.14. The molecule has 0 bridgehead atoms. The maximum Gasteiger partial charge on any atom is 0.0554 e.